The van der Waals surface area contributed by atoms with E-state index in [0.717, 1.165) is 27.9 Å². The standard InChI is InChI=1S/C13H19N5S/c1-8-10(13(14-2)19-18-8)12-15-11(16-17-12)9-6-4-3-5-7-9/h9,14H,3-7H2,1-2H3,(H,15,16,17). The van der Waals surface area contributed by atoms with Crippen LogP contribution >= 0.6 is 11.5 Å². The van der Waals surface area contributed by atoms with Crippen molar-refractivity contribution in [2.75, 3.05) is 12.4 Å². The maximum atomic E-state index is 4.71. The number of hydrogen-bond donors (Lipinski definition) is 2. The van der Waals surface area contributed by atoms with Gasteiger partial charge in [0.15, 0.2) is 5.82 Å². The molecule has 1 fully saturated rings. The van der Waals surface area contributed by atoms with Gasteiger partial charge in [-0.3, -0.25) is 5.10 Å². The third kappa shape index (κ3) is 2.36. The maximum Gasteiger partial charge on any atom is 0.186 e. The lowest BCUT2D eigenvalue weighted by molar-refractivity contribution is 0.429. The van der Waals surface area contributed by atoms with E-state index in [1.807, 2.05) is 14.0 Å². The quantitative estimate of drug-likeness (QED) is 0.903. The molecule has 5 nitrogen and oxygen atoms in total. The minimum absolute atomic E-state index is 0.555. The molecule has 1 aliphatic rings. The van der Waals surface area contributed by atoms with Gasteiger partial charge in [-0.25, -0.2) is 4.98 Å². The van der Waals surface area contributed by atoms with E-state index in [9.17, 15) is 0 Å². The number of hydrogen-bond acceptors (Lipinski definition) is 5. The molecule has 0 saturated heterocycles. The molecule has 6 heteroatoms. The van der Waals surface area contributed by atoms with Crippen LogP contribution in [0.25, 0.3) is 11.4 Å². The molecule has 2 aromatic rings. The summed E-state index contributed by atoms with van der Waals surface area (Å²) in [6.07, 6.45) is 6.43. The predicted molar refractivity (Wildman–Crippen MR) is 77.6 cm³/mol. The SMILES string of the molecule is CNc1snc(C)c1-c1n[nH]c(C2CCCCC2)n1. The van der Waals surface area contributed by atoms with E-state index in [4.69, 9.17) is 4.98 Å². The van der Waals surface area contributed by atoms with Crippen LogP contribution in [0.5, 0.6) is 0 Å². The van der Waals surface area contributed by atoms with Gasteiger partial charge in [-0.2, -0.15) is 9.47 Å². The molecule has 19 heavy (non-hydrogen) atoms. The molecule has 0 aromatic carbocycles. The highest BCUT2D eigenvalue weighted by Crippen LogP contribution is 2.35. The molecular formula is C13H19N5S. The van der Waals surface area contributed by atoms with E-state index >= 15 is 0 Å². The Bertz CT molecular complexity index is 553. The average Bonchev–Trinajstić information content (AvgIpc) is 3.05. The van der Waals surface area contributed by atoms with E-state index < -0.39 is 0 Å². The van der Waals surface area contributed by atoms with E-state index in [1.54, 1.807) is 0 Å². The summed E-state index contributed by atoms with van der Waals surface area (Å²) < 4.78 is 4.37. The Hall–Kier alpha value is -1.43. The summed E-state index contributed by atoms with van der Waals surface area (Å²) in [4.78, 5) is 4.71. The Morgan fingerprint density at radius 1 is 1.26 bits per heavy atom. The van der Waals surface area contributed by atoms with Crippen LogP contribution in [0.3, 0.4) is 0 Å². The zero-order chi connectivity index (χ0) is 13.2. The third-order valence-corrected chi connectivity index (χ3v) is 4.76. The molecule has 0 aliphatic heterocycles. The van der Waals surface area contributed by atoms with Crippen molar-refractivity contribution >= 4 is 16.5 Å². The number of rotatable bonds is 3. The Morgan fingerprint density at radius 3 is 2.79 bits per heavy atom. The number of aromatic amines is 1. The molecule has 3 rings (SSSR count). The zero-order valence-electron chi connectivity index (χ0n) is 11.4. The van der Waals surface area contributed by atoms with Gasteiger partial charge in [-0.05, 0) is 31.3 Å². The lowest BCUT2D eigenvalue weighted by atomic mass is 9.89. The third-order valence-electron chi connectivity index (χ3n) is 3.81. The van der Waals surface area contributed by atoms with Gasteiger partial charge in [0.2, 0.25) is 0 Å². The van der Waals surface area contributed by atoms with E-state index in [0.29, 0.717) is 5.92 Å². The van der Waals surface area contributed by atoms with Crippen LogP contribution in [0.4, 0.5) is 5.00 Å². The van der Waals surface area contributed by atoms with E-state index in [1.165, 1.54) is 43.6 Å². The van der Waals surface area contributed by atoms with Crippen molar-refractivity contribution < 1.29 is 0 Å². The monoisotopic (exact) mass is 277 g/mol. The number of nitrogens with zero attached hydrogens (tertiary/aromatic N) is 3. The van der Waals surface area contributed by atoms with Crippen molar-refractivity contribution in [3.05, 3.63) is 11.5 Å². The summed E-state index contributed by atoms with van der Waals surface area (Å²) in [5.74, 6) is 2.37. The fourth-order valence-corrected chi connectivity index (χ4v) is 3.49. The van der Waals surface area contributed by atoms with Gasteiger partial charge in [0.25, 0.3) is 0 Å². The van der Waals surface area contributed by atoms with Crippen molar-refractivity contribution in [3.63, 3.8) is 0 Å². The highest BCUT2D eigenvalue weighted by Gasteiger charge is 2.22. The van der Waals surface area contributed by atoms with Gasteiger partial charge in [-0.15, -0.1) is 0 Å². The van der Waals surface area contributed by atoms with Crippen molar-refractivity contribution in [2.45, 2.75) is 44.9 Å². The van der Waals surface area contributed by atoms with Gasteiger partial charge in [0.1, 0.15) is 10.8 Å². The molecule has 2 heterocycles. The average molecular weight is 277 g/mol. The second-order valence-electron chi connectivity index (χ2n) is 5.10. The maximum absolute atomic E-state index is 4.71. The summed E-state index contributed by atoms with van der Waals surface area (Å²) in [7, 11) is 1.91. The van der Waals surface area contributed by atoms with Gasteiger partial charge in [-0.1, -0.05) is 19.3 Å². The van der Waals surface area contributed by atoms with Gasteiger partial charge >= 0.3 is 0 Å². The molecule has 0 amide bonds. The van der Waals surface area contributed by atoms with Crippen molar-refractivity contribution in [3.8, 4) is 11.4 Å². The highest BCUT2D eigenvalue weighted by atomic mass is 32.1. The van der Waals surface area contributed by atoms with Crippen LogP contribution in [0.2, 0.25) is 0 Å². The molecule has 2 N–H and O–H groups in total. The van der Waals surface area contributed by atoms with Gasteiger partial charge in [0, 0.05) is 13.0 Å². The minimum Gasteiger partial charge on any atom is -0.378 e. The number of aromatic nitrogens is 4. The molecule has 0 spiro atoms. The first kappa shape index (κ1) is 12.6. The molecule has 1 saturated carbocycles. The Morgan fingerprint density at radius 2 is 2.05 bits per heavy atom. The van der Waals surface area contributed by atoms with Gasteiger partial charge < -0.3 is 5.32 Å². The fraction of sp³-hybridized carbons (Fsp3) is 0.615. The Kier molecular flexibility index (Phi) is 3.50. The highest BCUT2D eigenvalue weighted by molar-refractivity contribution is 7.10. The van der Waals surface area contributed by atoms with Crippen LogP contribution < -0.4 is 5.32 Å². The number of anilines is 1. The first-order chi connectivity index (χ1) is 9.29. The number of aryl methyl sites for hydroxylation is 1. The Balaban J connectivity index is 1.89. The molecule has 0 unspecified atom stereocenters. The van der Waals surface area contributed by atoms with Crippen LogP contribution in [0.15, 0.2) is 0 Å². The largest absolute Gasteiger partial charge is 0.378 e. The molecule has 0 radical (unpaired) electrons. The summed E-state index contributed by atoms with van der Waals surface area (Å²) in [5, 5.41) is 11.7. The molecule has 1 aliphatic carbocycles. The summed E-state index contributed by atoms with van der Waals surface area (Å²) in [5.41, 5.74) is 2.02. The minimum atomic E-state index is 0.555. The van der Waals surface area contributed by atoms with Crippen molar-refractivity contribution in [1.29, 1.82) is 0 Å². The van der Waals surface area contributed by atoms with Crippen LogP contribution in [0.1, 0.15) is 49.5 Å². The van der Waals surface area contributed by atoms with Crippen molar-refractivity contribution in [2.24, 2.45) is 0 Å². The topological polar surface area (TPSA) is 66.5 Å². The molecule has 102 valence electrons. The first-order valence-corrected chi connectivity index (χ1v) is 7.63. The molecule has 0 atom stereocenters. The summed E-state index contributed by atoms with van der Waals surface area (Å²) in [6.45, 7) is 2.00. The molecule has 0 bridgehead atoms. The summed E-state index contributed by atoms with van der Waals surface area (Å²) >= 11 is 1.46. The van der Waals surface area contributed by atoms with E-state index in [2.05, 4.69) is 19.9 Å². The van der Waals surface area contributed by atoms with Gasteiger partial charge in [0.05, 0.1) is 11.3 Å². The normalized spacial score (nSPS) is 16.7. The zero-order valence-corrected chi connectivity index (χ0v) is 12.2. The number of nitrogens with one attached hydrogen (secondary N) is 2. The Labute approximate surface area is 117 Å². The smallest absolute Gasteiger partial charge is 0.186 e. The van der Waals surface area contributed by atoms with Crippen molar-refractivity contribution in [1.82, 2.24) is 19.6 Å². The summed E-state index contributed by atoms with van der Waals surface area (Å²) in [6, 6.07) is 0. The van der Waals surface area contributed by atoms with E-state index in [-0.39, 0.29) is 0 Å². The predicted octanol–water partition coefficient (Wildman–Crippen LogP) is 3.33. The van der Waals surface area contributed by atoms with Crippen LogP contribution in [-0.2, 0) is 0 Å². The second kappa shape index (κ2) is 5.28. The molecule has 2 aromatic heterocycles. The molecular weight excluding hydrogens is 258 g/mol. The number of H-pyrrole nitrogens is 1. The lowest BCUT2D eigenvalue weighted by Gasteiger charge is -2.18. The van der Waals surface area contributed by atoms with Crippen LogP contribution in [0, 0.1) is 6.92 Å². The first-order valence-electron chi connectivity index (χ1n) is 6.86. The lowest BCUT2D eigenvalue weighted by Crippen LogP contribution is -2.06. The fourth-order valence-electron chi connectivity index (χ4n) is 2.75. The van der Waals surface area contributed by atoms with Crippen LogP contribution in [-0.4, -0.2) is 26.6 Å². The second-order valence-corrected chi connectivity index (χ2v) is 5.87.